The van der Waals surface area contributed by atoms with Crippen molar-refractivity contribution in [1.82, 2.24) is 4.98 Å². The van der Waals surface area contributed by atoms with E-state index in [4.69, 9.17) is 5.26 Å². The van der Waals surface area contributed by atoms with Crippen LogP contribution in [0, 0.1) is 17.2 Å². The molecule has 0 atom stereocenters. The normalized spacial score (nSPS) is 15.5. The van der Waals surface area contributed by atoms with Gasteiger partial charge in [0.15, 0.2) is 5.69 Å². The molecule has 0 aliphatic heterocycles. The Bertz CT molecular complexity index is 377. The molecule has 0 aromatic carbocycles. The topological polar surface area (TPSA) is 39.9 Å². The molecule has 0 amide bonds. The Labute approximate surface area is 90.4 Å². The molecule has 0 bridgehead atoms. The maximum absolute atomic E-state index is 8.93. The van der Waals surface area contributed by atoms with Crippen LogP contribution in [0.5, 0.6) is 0 Å². The number of nitriles is 1. The maximum atomic E-state index is 8.93. The van der Waals surface area contributed by atoms with Crippen molar-refractivity contribution in [2.45, 2.75) is 19.3 Å². The van der Waals surface area contributed by atoms with Crippen molar-refractivity contribution in [3.63, 3.8) is 0 Å². The van der Waals surface area contributed by atoms with Gasteiger partial charge in [0.05, 0.1) is 5.69 Å². The average Bonchev–Trinajstić information content (AvgIpc) is 2.23. The monoisotopic (exact) mass is 201 g/mol. The Hall–Kier alpha value is -1.56. The zero-order valence-electron chi connectivity index (χ0n) is 8.98. The largest absolute Gasteiger partial charge is 0.372 e. The van der Waals surface area contributed by atoms with Gasteiger partial charge in [-0.2, -0.15) is 5.26 Å². The van der Waals surface area contributed by atoms with Gasteiger partial charge in [-0.25, -0.2) is 4.98 Å². The fourth-order valence-electron chi connectivity index (χ4n) is 1.95. The molecule has 1 aliphatic carbocycles. The van der Waals surface area contributed by atoms with E-state index in [1.54, 1.807) is 6.20 Å². The van der Waals surface area contributed by atoms with E-state index >= 15 is 0 Å². The number of anilines is 1. The molecule has 1 saturated carbocycles. The van der Waals surface area contributed by atoms with Crippen LogP contribution in [-0.2, 0) is 0 Å². The summed E-state index contributed by atoms with van der Waals surface area (Å²) < 4.78 is 0. The van der Waals surface area contributed by atoms with Crippen LogP contribution < -0.4 is 4.90 Å². The highest BCUT2D eigenvalue weighted by Gasteiger charge is 2.20. The number of nitrogens with zero attached hydrogens (tertiary/aromatic N) is 3. The second-order valence-corrected chi connectivity index (χ2v) is 4.16. The van der Waals surface area contributed by atoms with Crippen LogP contribution in [0.25, 0.3) is 0 Å². The third kappa shape index (κ3) is 2.10. The molecule has 0 spiro atoms. The van der Waals surface area contributed by atoms with Gasteiger partial charge in [0, 0.05) is 19.8 Å². The Balaban J connectivity index is 2.10. The Morgan fingerprint density at radius 3 is 3.00 bits per heavy atom. The molecule has 1 fully saturated rings. The highest BCUT2D eigenvalue weighted by atomic mass is 15.1. The Kier molecular flexibility index (Phi) is 2.86. The Morgan fingerprint density at radius 1 is 1.60 bits per heavy atom. The number of hydrogen-bond donors (Lipinski definition) is 0. The summed E-state index contributed by atoms with van der Waals surface area (Å²) in [6.07, 6.45) is 5.68. The molecular formula is C12H15N3. The first-order chi connectivity index (χ1) is 7.31. The van der Waals surface area contributed by atoms with Crippen molar-refractivity contribution in [2.75, 3.05) is 18.5 Å². The van der Waals surface area contributed by atoms with Crippen molar-refractivity contribution in [3.8, 4) is 6.07 Å². The number of aromatic nitrogens is 1. The zero-order chi connectivity index (χ0) is 10.7. The fourth-order valence-corrected chi connectivity index (χ4v) is 1.95. The Morgan fingerprint density at radius 2 is 2.40 bits per heavy atom. The third-order valence-electron chi connectivity index (χ3n) is 3.06. The van der Waals surface area contributed by atoms with E-state index in [1.807, 2.05) is 19.2 Å². The van der Waals surface area contributed by atoms with Crippen LogP contribution >= 0.6 is 0 Å². The van der Waals surface area contributed by atoms with Gasteiger partial charge in [0.1, 0.15) is 6.07 Å². The minimum Gasteiger partial charge on any atom is -0.372 e. The van der Waals surface area contributed by atoms with E-state index in [9.17, 15) is 0 Å². The van der Waals surface area contributed by atoms with Crippen molar-refractivity contribution in [3.05, 3.63) is 24.0 Å². The fraction of sp³-hybridized carbons (Fsp3) is 0.500. The van der Waals surface area contributed by atoms with Gasteiger partial charge < -0.3 is 4.90 Å². The lowest BCUT2D eigenvalue weighted by Crippen LogP contribution is -2.29. The summed E-state index contributed by atoms with van der Waals surface area (Å²) in [5.74, 6) is 0.807. The van der Waals surface area contributed by atoms with E-state index in [2.05, 4.69) is 16.0 Å². The summed E-state index contributed by atoms with van der Waals surface area (Å²) in [7, 11) is 2.04. The molecule has 0 unspecified atom stereocenters. The van der Waals surface area contributed by atoms with Crippen LogP contribution in [0.4, 0.5) is 5.69 Å². The quantitative estimate of drug-likeness (QED) is 0.752. The third-order valence-corrected chi connectivity index (χ3v) is 3.06. The van der Waals surface area contributed by atoms with Gasteiger partial charge in [-0.15, -0.1) is 0 Å². The van der Waals surface area contributed by atoms with Crippen molar-refractivity contribution < 1.29 is 0 Å². The van der Waals surface area contributed by atoms with E-state index in [-0.39, 0.29) is 0 Å². The molecule has 78 valence electrons. The van der Waals surface area contributed by atoms with Gasteiger partial charge in [0.25, 0.3) is 0 Å². The first-order valence-corrected chi connectivity index (χ1v) is 5.37. The van der Waals surface area contributed by atoms with Gasteiger partial charge in [0.2, 0.25) is 0 Å². The zero-order valence-corrected chi connectivity index (χ0v) is 8.98. The first kappa shape index (κ1) is 9.97. The molecule has 2 rings (SSSR count). The number of rotatable bonds is 3. The molecule has 15 heavy (non-hydrogen) atoms. The highest BCUT2D eigenvalue weighted by Crippen LogP contribution is 2.28. The number of hydrogen-bond acceptors (Lipinski definition) is 3. The van der Waals surface area contributed by atoms with Gasteiger partial charge in [-0.1, -0.05) is 6.42 Å². The van der Waals surface area contributed by atoms with Crippen molar-refractivity contribution in [2.24, 2.45) is 5.92 Å². The molecule has 1 heterocycles. The second-order valence-electron chi connectivity index (χ2n) is 4.16. The minimum atomic E-state index is 0.527. The minimum absolute atomic E-state index is 0.527. The highest BCUT2D eigenvalue weighted by molar-refractivity contribution is 5.55. The summed E-state index contributed by atoms with van der Waals surface area (Å²) in [6, 6.07) is 5.98. The van der Waals surface area contributed by atoms with Crippen molar-refractivity contribution >= 4 is 5.69 Å². The van der Waals surface area contributed by atoms with Crippen LogP contribution in [0.15, 0.2) is 18.3 Å². The van der Waals surface area contributed by atoms with E-state index < -0.39 is 0 Å². The lowest BCUT2D eigenvalue weighted by atomic mass is 9.85. The SMILES string of the molecule is CN(CC1CCC1)c1cccnc1C#N. The molecule has 3 nitrogen and oxygen atoms in total. The summed E-state index contributed by atoms with van der Waals surface area (Å²) in [5.41, 5.74) is 1.48. The van der Waals surface area contributed by atoms with E-state index in [1.165, 1.54) is 19.3 Å². The molecular weight excluding hydrogens is 186 g/mol. The summed E-state index contributed by atoms with van der Waals surface area (Å²) in [5, 5.41) is 8.93. The molecule has 1 aromatic rings. The van der Waals surface area contributed by atoms with Crippen LogP contribution in [0.3, 0.4) is 0 Å². The van der Waals surface area contributed by atoms with Gasteiger partial charge >= 0.3 is 0 Å². The first-order valence-electron chi connectivity index (χ1n) is 5.37. The smallest absolute Gasteiger partial charge is 0.163 e. The lowest BCUT2D eigenvalue weighted by molar-refractivity contribution is 0.321. The summed E-state index contributed by atoms with van der Waals surface area (Å²) in [6.45, 7) is 1.04. The summed E-state index contributed by atoms with van der Waals surface area (Å²) >= 11 is 0. The predicted octanol–water partition coefficient (Wildman–Crippen LogP) is 2.19. The second kappa shape index (κ2) is 4.31. The van der Waals surface area contributed by atoms with E-state index in [0.29, 0.717) is 5.69 Å². The van der Waals surface area contributed by atoms with Crippen LogP contribution in [0.1, 0.15) is 25.0 Å². The molecule has 1 aliphatic rings. The number of pyridine rings is 1. The molecule has 0 N–H and O–H groups in total. The molecule has 3 heteroatoms. The van der Waals surface area contributed by atoms with E-state index in [0.717, 1.165) is 18.2 Å². The molecule has 0 radical (unpaired) electrons. The standard InChI is InChI=1S/C12H15N3/c1-15(9-10-4-2-5-10)12-6-3-7-14-11(12)8-13/h3,6-7,10H,2,4-5,9H2,1H3. The van der Waals surface area contributed by atoms with Crippen LogP contribution in [0.2, 0.25) is 0 Å². The summed E-state index contributed by atoms with van der Waals surface area (Å²) in [4.78, 5) is 6.21. The molecule has 1 aromatic heterocycles. The van der Waals surface area contributed by atoms with Crippen LogP contribution in [-0.4, -0.2) is 18.6 Å². The lowest BCUT2D eigenvalue weighted by Gasteiger charge is -2.31. The van der Waals surface area contributed by atoms with Gasteiger partial charge in [-0.3, -0.25) is 0 Å². The predicted molar refractivity (Wildman–Crippen MR) is 59.6 cm³/mol. The van der Waals surface area contributed by atoms with Gasteiger partial charge in [-0.05, 0) is 30.9 Å². The maximum Gasteiger partial charge on any atom is 0.163 e. The van der Waals surface area contributed by atoms with Crippen molar-refractivity contribution in [1.29, 1.82) is 5.26 Å². The molecule has 0 saturated heterocycles. The average molecular weight is 201 g/mol.